The minimum Gasteiger partial charge on any atom is -0.307 e. The second kappa shape index (κ2) is 5.78. The molecule has 3 aromatic rings. The molecule has 4 rings (SSSR count). The van der Waals surface area contributed by atoms with Crippen molar-refractivity contribution in [2.24, 2.45) is 7.05 Å². The van der Waals surface area contributed by atoms with Crippen LogP contribution in [0.4, 0.5) is 0 Å². The highest BCUT2D eigenvalue weighted by Gasteiger charge is 2.41. The van der Waals surface area contributed by atoms with Crippen molar-refractivity contribution in [2.45, 2.75) is 11.1 Å². The zero-order chi connectivity index (χ0) is 17.8. The van der Waals surface area contributed by atoms with E-state index in [9.17, 15) is 8.42 Å². The van der Waals surface area contributed by atoms with Crippen molar-refractivity contribution in [3.05, 3.63) is 40.1 Å². The summed E-state index contributed by atoms with van der Waals surface area (Å²) in [5.41, 5.74) is 0.960. The molecule has 0 amide bonds. The van der Waals surface area contributed by atoms with E-state index >= 15 is 0 Å². The lowest BCUT2D eigenvalue weighted by molar-refractivity contribution is 0.261. The molecule has 1 aliphatic heterocycles. The highest BCUT2D eigenvalue weighted by Crippen LogP contribution is 2.36. The molecule has 1 saturated heterocycles. The second-order valence-electron chi connectivity index (χ2n) is 5.74. The molecular weight excluding hydrogens is 382 g/mol. The summed E-state index contributed by atoms with van der Waals surface area (Å²) in [6.07, 6.45) is 0. The molecule has 1 aromatic carbocycles. The van der Waals surface area contributed by atoms with Gasteiger partial charge < -0.3 is 4.57 Å². The molecule has 0 spiro atoms. The highest BCUT2D eigenvalue weighted by molar-refractivity contribution is 7.89. The van der Waals surface area contributed by atoms with Gasteiger partial charge in [-0.2, -0.15) is 9.57 Å². The first-order valence-electron chi connectivity index (χ1n) is 7.39. The highest BCUT2D eigenvalue weighted by atomic mass is 35.5. The number of imidazole rings is 1. The molecule has 0 saturated carbocycles. The van der Waals surface area contributed by atoms with Crippen molar-refractivity contribution in [3.63, 3.8) is 0 Å². The van der Waals surface area contributed by atoms with Gasteiger partial charge in [0.2, 0.25) is 5.16 Å². The quantitative estimate of drug-likeness (QED) is 0.681. The summed E-state index contributed by atoms with van der Waals surface area (Å²) in [7, 11) is -2.32. The molecule has 1 fully saturated rings. The molecule has 25 heavy (non-hydrogen) atoms. The molecule has 0 atom stereocenters. The van der Waals surface area contributed by atoms with Crippen LogP contribution < -0.4 is 0 Å². The van der Waals surface area contributed by atoms with Crippen LogP contribution in [-0.4, -0.2) is 40.3 Å². The molecule has 2 aromatic heterocycles. The number of nitrogens with zero attached hydrogens (tertiary/aromatic N) is 5. The maximum absolute atomic E-state index is 12.7. The number of hydrogen-bond acceptors (Lipinski definition) is 6. The van der Waals surface area contributed by atoms with Gasteiger partial charge in [0.25, 0.3) is 10.0 Å². The van der Waals surface area contributed by atoms with E-state index in [1.54, 1.807) is 11.3 Å². The van der Waals surface area contributed by atoms with Crippen LogP contribution in [0.2, 0.25) is 5.15 Å². The van der Waals surface area contributed by atoms with Crippen LogP contribution in [0.1, 0.15) is 16.6 Å². The Bertz CT molecular complexity index is 1090. The number of sulfonamides is 1. The van der Waals surface area contributed by atoms with E-state index in [-0.39, 0.29) is 21.9 Å². The SMILES string of the molecule is Cn1c(S(=O)(=O)N2CC(c3nc4ccccc4s3)C2)nc(Cl)c1C#N. The Morgan fingerprint density at radius 1 is 1.32 bits per heavy atom. The third kappa shape index (κ3) is 2.53. The first-order valence-corrected chi connectivity index (χ1v) is 10.0. The Hall–Kier alpha value is -1.99. The maximum atomic E-state index is 12.7. The van der Waals surface area contributed by atoms with E-state index in [1.165, 1.54) is 15.9 Å². The van der Waals surface area contributed by atoms with Crippen LogP contribution in [0.15, 0.2) is 29.4 Å². The van der Waals surface area contributed by atoms with E-state index in [0.29, 0.717) is 13.1 Å². The van der Waals surface area contributed by atoms with E-state index in [2.05, 4.69) is 9.97 Å². The fourth-order valence-corrected chi connectivity index (χ4v) is 5.74. The topological polar surface area (TPSA) is 91.9 Å². The van der Waals surface area contributed by atoms with Crippen LogP contribution in [0.25, 0.3) is 10.2 Å². The van der Waals surface area contributed by atoms with E-state index < -0.39 is 10.0 Å². The Morgan fingerprint density at radius 2 is 2.04 bits per heavy atom. The molecule has 10 heteroatoms. The minimum absolute atomic E-state index is 0.0310. The van der Waals surface area contributed by atoms with Crippen LogP contribution in [-0.2, 0) is 17.1 Å². The number of nitriles is 1. The maximum Gasteiger partial charge on any atom is 0.277 e. The van der Waals surface area contributed by atoms with Gasteiger partial charge in [0.05, 0.1) is 15.2 Å². The molecule has 0 N–H and O–H groups in total. The third-order valence-electron chi connectivity index (χ3n) is 4.20. The predicted octanol–water partition coefficient (Wildman–Crippen LogP) is 2.34. The van der Waals surface area contributed by atoms with Crippen molar-refractivity contribution in [1.29, 1.82) is 5.26 Å². The van der Waals surface area contributed by atoms with Gasteiger partial charge in [-0.25, -0.2) is 18.4 Å². The fourth-order valence-electron chi connectivity index (χ4n) is 2.77. The smallest absolute Gasteiger partial charge is 0.277 e. The van der Waals surface area contributed by atoms with E-state index in [1.807, 2.05) is 30.3 Å². The Kier molecular flexibility index (Phi) is 3.81. The monoisotopic (exact) mass is 393 g/mol. The summed E-state index contributed by atoms with van der Waals surface area (Å²) in [6.45, 7) is 0.684. The lowest BCUT2D eigenvalue weighted by Gasteiger charge is -2.36. The number of rotatable bonds is 3. The zero-order valence-corrected chi connectivity index (χ0v) is 15.4. The van der Waals surface area contributed by atoms with Gasteiger partial charge in [-0.1, -0.05) is 23.7 Å². The molecule has 1 aliphatic rings. The summed E-state index contributed by atoms with van der Waals surface area (Å²) in [5.74, 6) is 0.0679. The van der Waals surface area contributed by atoms with Gasteiger partial charge >= 0.3 is 0 Å². The average molecular weight is 394 g/mol. The summed E-state index contributed by atoms with van der Waals surface area (Å²) >= 11 is 7.43. The van der Waals surface area contributed by atoms with Gasteiger partial charge in [0, 0.05) is 26.1 Å². The van der Waals surface area contributed by atoms with Crippen LogP contribution in [0, 0.1) is 11.3 Å². The summed E-state index contributed by atoms with van der Waals surface area (Å²) in [6, 6.07) is 9.70. The first kappa shape index (κ1) is 16.5. The number of para-hydroxylation sites is 1. The fraction of sp³-hybridized carbons (Fsp3) is 0.267. The van der Waals surface area contributed by atoms with Crippen molar-refractivity contribution in [3.8, 4) is 6.07 Å². The molecule has 128 valence electrons. The van der Waals surface area contributed by atoms with Crippen LogP contribution >= 0.6 is 22.9 Å². The minimum atomic E-state index is -3.79. The van der Waals surface area contributed by atoms with Crippen LogP contribution in [0.5, 0.6) is 0 Å². The number of hydrogen-bond donors (Lipinski definition) is 0. The number of fused-ring (bicyclic) bond motifs is 1. The van der Waals surface area contributed by atoms with Gasteiger partial charge in [-0.15, -0.1) is 11.3 Å². The molecule has 0 unspecified atom stereocenters. The molecule has 7 nitrogen and oxygen atoms in total. The Morgan fingerprint density at radius 3 is 2.68 bits per heavy atom. The number of halogens is 1. The van der Waals surface area contributed by atoms with Crippen molar-refractivity contribution >= 4 is 43.2 Å². The van der Waals surface area contributed by atoms with Gasteiger partial charge in [0.1, 0.15) is 6.07 Å². The van der Waals surface area contributed by atoms with E-state index in [4.69, 9.17) is 16.9 Å². The summed E-state index contributed by atoms with van der Waals surface area (Å²) in [4.78, 5) is 8.44. The average Bonchev–Trinajstić information content (AvgIpc) is 3.06. The number of benzene rings is 1. The zero-order valence-electron chi connectivity index (χ0n) is 13.0. The molecule has 0 bridgehead atoms. The normalized spacial score (nSPS) is 16.0. The standard InChI is InChI=1S/C15H12ClN5O2S2/c1-20-11(6-17)13(16)19-15(20)25(22,23)21-7-9(8-21)14-18-10-4-2-3-5-12(10)24-14/h2-5,9H,7-8H2,1H3. The van der Waals surface area contributed by atoms with Crippen LogP contribution in [0.3, 0.4) is 0 Å². The Labute approximate surface area is 153 Å². The second-order valence-corrected chi connectivity index (χ2v) is 9.00. The lowest BCUT2D eigenvalue weighted by Crippen LogP contribution is -2.48. The summed E-state index contributed by atoms with van der Waals surface area (Å²) < 4.78 is 29.1. The molecule has 0 radical (unpaired) electrons. The largest absolute Gasteiger partial charge is 0.307 e. The third-order valence-corrected chi connectivity index (χ3v) is 7.46. The van der Waals surface area contributed by atoms with Gasteiger partial charge in [-0.05, 0) is 12.1 Å². The van der Waals surface area contributed by atoms with Crippen molar-refractivity contribution < 1.29 is 8.42 Å². The Balaban J connectivity index is 1.58. The van der Waals surface area contributed by atoms with Crippen molar-refractivity contribution in [2.75, 3.05) is 13.1 Å². The molecule has 0 aliphatic carbocycles. The molecule has 3 heterocycles. The lowest BCUT2D eigenvalue weighted by atomic mass is 10.1. The van der Waals surface area contributed by atoms with Gasteiger partial charge in [-0.3, -0.25) is 0 Å². The summed E-state index contributed by atoms with van der Waals surface area (Å²) in [5, 5.41) is 9.65. The van der Waals surface area contributed by atoms with Crippen molar-refractivity contribution in [1.82, 2.24) is 18.8 Å². The number of thiazole rings is 1. The number of aromatic nitrogens is 3. The van der Waals surface area contributed by atoms with E-state index in [0.717, 1.165) is 15.2 Å². The predicted molar refractivity (Wildman–Crippen MR) is 94.1 cm³/mol. The van der Waals surface area contributed by atoms with Gasteiger partial charge in [0.15, 0.2) is 10.8 Å². The first-order chi connectivity index (χ1) is 11.9. The molecular formula is C15H12ClN5O2S2.